The molecule has 1 aromatic carbocycles. The molecule has 1 unspecified atom stereocenters. The van der Waals surface area contributed by atoms with Crippen molar-refractivity contribution >= 4 is 23.2 Å². The molecule has 0 radical (unpaired) electrons. The van der Waals surface area contributed by atoms with Crippen molar-refractivity contribution in [3.8, 4) is 5.75 Å². The lowest BCUT2D eigenvalue weighted by Gasteiger charge is -2.20. The molecule has 108 valence electrons. The molecule has 1 atom stereocenters. The van der Waals surface area contributed by atoms with Crippen LogP contribution in [0.4, 0.5) is 0 Å². The molecule has 0 fully saturated rings. The molecule has 5 heteroatoms. The van der Waals surface area contributed by atoms with Crippen LogP contribution in [0.3, 0.4) is 0 Å². The van der Waals surface area contributed by atoms with E-state index < -0.39 is 0 Å². The van der Waals surface area contributed by atoms with Crippen LogP contribution in [0.5, 0.6) is 5.75 Å². The Morgan fingerprint density at radius 2 is 1.95 bits per heavy atom. The largest absolute Gasteiger partial charge is 0.485 e. The first-order valence-corrected chi connectivity index (χ1v) is 7.10. The molecule has 0 aliphatic heterocycles. The van der Waals surface area contributed by atoms with Crippen molar-refractivity contribution in [3.05, 3.63) is 28.2 Å². The third-order valence-corrected chi connectivity index (χ3v) is 3.00. The van der Waals surface area contributed by atoms with E-state index in [2.05, 4.69) is 19.2 Å². The van der Waals surface area contributed by atoms with E-state index in [0.29, 0.717) is 34.9 Å². The molecular weight excluding hydrogens is 285 g/mol. The molecule has 1 N–H and O–H groups in total. The van der Waals surface area contributed by atoms with E-state index in [0.717, 1.165) is 6.54 Å². The highest BCUT2D eigenvalue weighted by molar-refractivity contribution is 6.35. The van der Waals surface area contributed by atoms with Crippen molar-refractivity contribution < 1.29 is 9.47 Å². The molecule has 1 aromatic rings. The van der Waals surface area contributed by atoms with E-state index in [4.69, 9.17) is 32.7 Å². The smallest absolute Gasteiger partial charge is 0.138 e. The van der Waals surface area contributed by atoms with Gasteiger partial charge in [0, 0.05) is 18.7 Å². The fourth-order valence-electron chi connectivity index (χ4n) is 1.60. The SMILES string of the molecule is COCC(CNCC(C)C)Oc1ccc(Cl)cc1Cl. The second-order valence-corrected chi connectivity index (χ2v) is 5.67. The summed E-state index contributed by atoms with van der Waals surface area (Å²) in [5, 5.41) is 4.45. The van der Waals surface area contributed by atoms with Crippen molar-refractivity contribution in [2.45, 2.75) is 20.0 Å². The molecule has 0 amide bonds. The monoisotopic (exact) mass is 305 g/mol. The Bertz CT molecular complexity index is 386. The first-order valence-electron chi connectivity index (χ1n) is 6.34. The zero-order valence-electron chi connectivity index (χ0n) is 11.6. The van der Waals surface area contributed by atoms with E-state index in [1.807, 2.05) is 0 Å². The highest BCUT2D eigenvalue weighted by Crippen LogP contribution is 2.28. The zero-order valence-corrected chi connectivity index (χ0v) is 13.1. The predicted molar refractivity (Wildman–Crippen MR) is 80.5 cm³/mol. The summed E-state index contributed by atoms with van der Waals surface area (Å²) in [6.45, 7) is 6.48. The van der Waals surface area contributed by atoms with Gasteiger partial charge in [-0.15, -0.1) is 0 Å². The first kappa shape index (κ1) is 16.6. The van der Waals surface area contributed by atoms with Crippen molar-refractivity contribution in [1.29, 1.82) is 0 Å². The van der Waals surface area contributed by atoms with Crippen LogP contribution >= 0.6 is 23.2 Å². The van der Waals surface area contributed by atoms with Crippen molar-refractivity contribution in [2.75, 3.05) is 26.8 Å². The third kappa shape index (κ3) is 6.48. The Morgan fingerprint density at radius 3 is 2.53 bits per heavy atom. The van der Waals surface area contributed by atoms with Gasteiger partial charge in [0.25, 0.3) is 0 Å². The van der Waals surface area contributed by atoms with Gasteiger partial charge in [0.05, 0.1) is 11.6 Å². The normalized spacial score (nSPS) is 12.7. The summed E-state index contributed by atoms with van der Waals surface area (Å²) in [6, 6.07) is 5.20. The number of ether oxygens (including phenoxy) is 2. The Hall–Kier alpha value is -0.480. The third-order valence-electron chi connectivity index (χ3n) is 2.46. The summed E-state index contributed by atoms with van der Waals surface area (Å²) >= 11 is 11.9. The molecule has 0 aromatic heterocycles. The van der Waals surface area contributed by atoms with Gasteiger partial charge in [-0.1, -0.05) is 37.0 Å². The number of rotatable bonds is 8. The Kier molecular flexibility index (Phi) is 7.54. The van der Waals surface area contributed by atoms with Crippen LogP contribution in [-0.4, -0.2) is 32.9 Å². The molecule has 0 aliphatic rings. The van der Waals surface area contributed by atoms with Gasteiger partial charge in [0.15, 0.2) is 0 Å². The first-order chi connectivity index (χ1) is 9.02. The van der Waals surface area contributed by atoms with Gasteiger partial charge in [-0.05, 0) is 30.7 Å². The maximum atomic E-state index is 6.09. The Morgan fingerprint density at radius 1 is 1.21 bits per heavy atom. The molecule has 0 saturated carbocycles. The fourth-order valence-corrected chi connectivity index (χ4v) is 2.06. The average Bonchev–Trinajstić information content (AvgIpc) is 2.32. The number of methoxy groups -OCH3 is 1. The van der Waals surface area contributed by atoms with Crippen LogP contribution in [0.2, 0.25) is 10.0 Å². The fraction of sp³-hybridized carbons (Fsp3) is 0.571. The zero-order chi connectivity index (χ0) is 14.3. The van der Waals surface area contributed by atoms with Crippen LogP contribution in [0.15, 0.2) is 18.2 Å². The second kappa shape index (κ2) is 8.64. The highest BCUT2D eigenvalue weighted by atomic mass is 35.5. The predicted octanol–water partition coefficient (Wildman–Crippen LogP) is 3.63. The van der Waals surface area contributed by atoms with Gasteiger partial charge in [-0.2, -0.15) is 0 Å². The molecule has 1 rings (SSSR count). The summed E-state index contributed by atoms with van der Waals surface area (Å²) in [4.78, 5) is 0. The van der Waals surface area contributed by atoms with Gasteiger partial charge >= 0.3 is 0 Å². The quantitative estimate of drug-likeness (QED) is 0.795. The summed E-state index contributed by atoms with van der Waals surface area (Å²) in [7, 11) is 1.66. The molecule has 0 saturated heterocycles. The van der Waals surface area contributed by atoms with E-state index in [9.17, 15) is 0 Å². The van der Waals surface area contributed by atoms with Gasteiger partial charge in [0.1, 0.15) is 11.9 Å². The number of hydrogen-bond donors (Lipinski definition) is 1. The second-order valence-electron chi connectivity index (χ2n) is 4.82. The molecule has 0 heterocycles. The molecule has 0 aliphatic carbocycles. The van der Waals surface area contributed by atoms with E-state index in [1.54, 1.807) is 25.3 Å². The summed E-state index contributed by atoms with van der Waals surface area (Å²) in [6.07, 6.45) is -0.0811. The van der Waals surface area contributed by atoms with Gasteiger partial charge in [0.2, 0.25) is 0 Å². The van der Waals surface area contributed by atoms with Crippen LogP contribution in [0, 0.1) is 5.92 Å². The molecule has 19 heavy (non-hydrogen) atoms. The maximum Gasteiger partial charge on any atom is 0.138 e. The summed E-state index contributed by atoms with van der Waals surface area (Å²) in [5.74, 6) is 1.22. The van der Waals surface area contributed by atoms with Gasteiger partial charge < -0.3 is 14.8 Å². The topological polar surface area (TPSA) is 30.5 Å². The minimum Gasteiger partial charge on any atom is -0.485 e. The van der Waals surface area contributed by atoms with E-state index >= 15 is 0 Å². The lowest BCUT2D eigenvalue weighted by Crippen LogP contribution is -2.36. The standard InChI is InChI=1S/C14H21Cl2NO2/c1-10(2)7-17-8-12(9-18-3)19-14-5-4-11(15)6-13(14)16/h4-6,10,12,17H,7-9H2,1-3H3. The van der Waals surface area contributed by atoms with Crippen LogP contribution in [0.1, 0.15) is 13.8 Å². The number of benzene rings is 1. The van der Waals surface area contributed by atoms with Crippen molar-refractivity contribution in [1.82, 2.24) is 5.32 Å². The molecule has 0 bridgehead atoms. The van der Waals surface area contributed by atoms with Crippen LogP contribution < -0.4 is 10.1 Å². The molecular formula is C14H21Cl2NO2. The van der Waals surface area contributed by atoms with Gasteiger partial charge in [-0.25, -0.2) is 0 Å². The Balaban J connectivity index is 2.56. The summed E-state index contributed by atoms with van der Waals surface area (Å²) < 4.78 is 11.0. The highest BCUT2D eigenvalue weighted by Gasteiger charge is 2.12. The lowest BCUT2D eigenvalue weighted by molar-refractivity contribution is 0.0803. The van der Waals surface area contributed by atoms with Gasteiger partial charge in [-0.3, -0.25) is 0 Å². The molecule has 3 nitrogen and oxygen atoms in total. The van der Waals surface area contributed by atoms with Crippen molar-refractivity contribution in [3.63, 3.8) is 0 Å². The Labute approximate surface area is 125 Å². The minimum absolute atomic E-state index is 0.0811. The number of hydrogen-bond acceptors (Lipinski definition) is 3. The maximum absolute atomic E-state index is 6.09. The minimum atomic E-state index is -0.0811. The van der Waals surface area contributed by atoms with Crippen LogP contribution in [-0.2, 0) is 4.74 Å². The average molecular weight is 306 g/mol. The summed E-state index contributed by atoms with van der Waals surface area (Å²) in [5.41, 5.74) is 0. The van der Waals surface area contributed by atoms with Crippen molar-refractivity contribution in [2.24, 2.45) is 5.92 Å². The molecule has 0 spiro atoms. The van der Waals surface area contributed by atoms with E-state index in [-0.39, 0.29) is 6.10 Å². The number of nitrogens with one attached hydrogen (secondary N) is 1. The number of halogens is 2. The lowest BCUT2D eigenvalue weighted by atomic mass is 10.2. The van der Waals surface area contributed by atoms with Crippen LogP contribution in [0.25, 0.3) is 0 Å². The van der Waals surface area contributed by atoms with E-state index in [1.165, 1.54) is 0 Å².